The van der Waals surface area contributed by atoms with Crippen molar-refractivity contribution < 1.29 is 14.3 Å². The molecular weight excluding hydrogens is 194 g/mol. The van der Waals surface area contributed by atoms with Crippen LogP contribution in [0.5, 0.6) is 0 Å². The van der Waals surface area contributed by atoms with E-state index in [1.165, 1.54) is 6.08 Å². The first-order chi connectivity index (χ1) is 7.07. The van der Waals surface area contributed by atoms with Crippen molar-refractivity contribution in [2.75, 3.05) is 13.2 Å². The molecule has 0 atom stereocenters. The molecule has 0 unspecified atom stereocenters. The molecule has 0 fully saturated rings. The second kappa shape index (κ2) is 8.03. The predicted octanol–water partition coefficient (Wildman–Crippen LogP) is 1.27. The zero-order valence-electron chi connectivity index (χ0n) is 9.41. The molecule has 0 aliphatic carbocycles. The molecule has 0 aliphatic rings. The topological polar surface area (TPSA) is 55.4 Å². The van der Waals surface area contributed by atoms with Gasteiger partial charge in [-0.05, 0) is 18.8 Å². The lowest BCUT2D eigenvalue weighted by molar-refractivity contribution is -0.154. The van der Waals surface area contributed by atoms with Gasteiger partial charge in [0.05, 0.1) is 6.61 Å². The van der Waals surface area contributed by atoms with Gasteiger partial charge in [0, 0.05) is 6.54 Å². The molecular formula is C11H19NO3. The van der Waals surface area contributed by atoms with E-state index in [-0.39, 0.29) is 6.54 Å². The summed E-state index contributed by atoms with van der Waals surface area (Å²) in [6, 6.07) is 0. The summed E-state index contributed by atoms with van der Waals surface area (Å²) in [6.45, 7) is 8.19. The highest BCUT2D eigenvalue weighted by Crippen LogP contribution is 2.02. The van der Waals surface area contributed by atoms with Crippen LogP contribution in [0.1, 0.15) is 26.7 Å². The standard InChI is InChI=1S/C11H19NO3/c1-4-7-12-10(13)11(14)15-8-5-6-9(2)3/h4,9H,1,5-8H2,2-3H3,(H,12,13). The molecule has 4 heteroatoms. The first kappa shape index (κ1) is 13.7. The number of nitrogens with one attached hydrogen (secondary N) is 1. The van der Waals surface area contributed by atoms with E-state index in [0.717, 1.165) is 12.8 Å². The summed E-state index contributed by atoms with van der Waals surface area (Å²) in [5.74, 6) is -0.946. The van der Waals surface area contributed by atoms with Crippen LogP contribution in [0.3, 0.4) is 0 Å². The smallest absolute Gasteiger partial charge is 0.396 e. The Balaban J connectivity index is 3.55. The van der Waals surface area contributed by atoms with Crippen molar-refractivity contribution in [3.8, 4) is 0 Å². The zero-order valence-corrected chi connectivity index (χ0v) is 9.41. The number of esters is 1. The molecule has 0 spiro atoms. The molecule has 0 radical (unpaired) electrons. The number of amides is 1. The van der Waals surface area contributed by atoms with Gasteiger partial charge in [0.25, 0.3) is 0 Å². The van der Waals surface area contributed by atoms with E-state index in [1.807, 2.05) is 0 Å². The summed E-state index contributed by atoms with van der Waals surface area (Å²) >= 11 is 0. The van der Waals surface area contributed by atoms with Crippen molar-refractivity contribution in [3.05, 3.63) is 12.7 Å². The van der Waals surface area contributed by atoms with Crippen LogP contribution in [0, 0.1) is 5.92 Å². The Morgan fingerprint density at radius 3 is 2.67 bits per heavy atom. The molecule has 0 rings (SSSR count). The van der Waals surface area contributed by atoms with Gasteiger partial charge in [0.2, 0.25) is 0 Å². The summed E-state index contributed by atoms with van der Waals surface area (Å²) in [4.78, 5) is 22.0. The highest BCUT2D eigenvalue weighted by Gasteiger charge is 2.13. The minimum atomic E-state index is -0.819. The van der Waals surface area contributed by atoms with E-state index in [1.54, 1.807) is 0 Å². The van der Waals surface area contributed by atoms with E-state index in [2.05, 4.69) is 25.7 Å². The molecule has 0 bridgehead atoms. The first-order valence-corrected chi connectivity index (χ1v) is 5.13. The molecule has 0 aromatic rings. The summed E-state index contributed by atoms with van der Waals surface area (Å²) in [5, 5.41) is 2.35. The molecule has 0 aromatic carbocycles. The van der Waals surface area contributed by atoms with Gasteiger partial charge in [-0.2, -0.15) is 0 Å². The van der Waals surface area contributed by atoms with E-state index < -0.39 is 11.9 Å². The number of rotatable bonds is 6. The maximum absolute atomic E-state index is 11.0. The Bertz CT molecular complexity index is 224. The fraction of sp³-hybridized carbons (Fsp3) is 0.636. The van der Waals surface area contributed by atoms with Crippen LogP contribution in [-0.4, -0.2) is 25.0 Å². The van der Waals surface area contributed by atoms with E-state index in [0.29, 0.717) is 12.5 Å². The minimum Gasteiger partial charge on any atom is -0.459 e. The van der Waals surface area contributed by atoms with Gasteiger partial charge in [-0.3, -0.25) is 4.79 Å². The van der Waals surface area contributed by atoms with E-state index in [4.69, 9.17) is 4.74 Å². The molecule has 0 saturated carbocycles. The second-order valence-corrected chi connectivity index (χ2v) is 3.67. The van der Waals surface area contributed by atoms with Crippen LogP contribution < -0.4 is 5.32 Å². The number of hydrogen-bond donors (Lipinski definition) is 1. The molecule has 4 nitrogen and oxygen atoms in total. The Morgan fingerprint density at radius 2 is 2.13 bits per heavy atom. The number of ether oxygens (including phenoxy) is 1. The highest BCUT2D eigenvalue weighted by atomic mass is 16.5. The van der Waals surface area contributed by atoms with Crippen LogP contribution in [-0.2, 0) is 14.3 Å². The molecule has 0 heterocycles. The largest absolute Gasteiger partial charge is 0.459 e. The average Bonchev–Trinajstić information content (AvgIpc) is 2.20. The van der Waals surface area contributed by atoms with Gasteiger partial charge in [0.15, 0.2) is 0 Å². The van der Waals surface area contributed by atoms with E-state index in [9.17, 15) is 9.59 Å². The van der Waals surface area contributed by atoms with Crippen molar-refractivity contribution in [3.63, 3.8) is 0 Å². The van der Waals surface area contributed by atoms with Crippen molar-refractivity contribution in [1.82, 2.24) is 5.32 Å². The van der Waals surface area contributed by atoms with Crippen molar-refractivity contribution in [2.24, 2.45) is 5.92 Å². The highest BCUT2D eigenvalue weighted by molar-refractivity contribution is 6.32. The molecule has 86 valence electrons. The lowest BCUT2D eigenvalue weighted by atomic mass is 10.1. The fourth-order valence-corrected chi connectivity index (χ4v) is 0.959. The Kier molecular flexibility index (Phi) is 7.32. The zero-order chi connectivity index (χ0) is 11.7. The number of carbonyl (C=O) groups excluding carboxylic acids is 2. The number of hydrogen-bond acceptors (Lipinski definition) is 3. The van der Waals surface area contributed by atoms with Crippen molar-refractivity contribution >= 4 is 11.9 Å². The molecule has 0 aliphatic heterocycles. The third-order valence-electron chi connectivity index (χ3n) is 1.75. The summed E-state index contributed by atoms with van der Waals surface area (Å²) in [6.07, 6.45) is 3.28. The van der Waals surface area contributed by atoms with Gasteiger partial charge >= 0.3 is 11.9 Å². The van der Waals surface area contributed by atoms with Gasteiger partial charge in [0.1, 0.15) is 0 Å². The third kappa shape index (κ3) is 7.73. The van der Waals surface area contributed by atoms with Crippen molar-refractivity contribution in [2.45, 2.75) is 26.7 Å². The molecule has 15 heavy (non-hydrogen) atoms. The van der Waals surface area contributed by atoms with Crippen LogP contribution in [0.4, 0.5) is 0 Å². The fourth-order valence-electron chi connectivity index (χ4n) is 0.959. The minimum absolute atomic E-state index is 0.278. The number of carbonyl (C=O) groups is 2. The molecule has 1 amide bonds. The SMILES string of the molecule is C=CCNC(=O)C(=O)OCCCC(C)C. The lowest BCUT2D eigenvalue weighted by Gasteiger charge is -2.05. The summed E-state index contributed by atoms with van der Waals surface area (Å²) in [7, 11) is 0. The Morgan fingerprint density at radius 1 is 1.47 bits per heavy atom. The maximum atomic E-state index is 11.0. The summed E-state index contributed by atoms with van der Waals surface area (Å²) < 4.78 is 4.77. The van der Waals surface area contributed by atoms with Crippen LogP contribution in [0.15, 0.2) is 12.7 Å². The maximum Gasteiger partial charge on any atom is 0.396 e. The molecule has 0 saturated heterocycles. The Hall–Kier alpha value is -1.32. The lowest BCUT2D eigenvalue weighted by Crippen LogP contribution is -2.32. The molecule has 1 N–H and O–H groups in total. The van der Waals surface area contributed by atoms with E-state index >= 15 is 0 Å². The normalized spacial score (nSPS) is 9.80. The van der Waals surface area contributed by atoms with Gasteiger partial charge in [-0.15, -0.1) is 6.58 Å². The molecule has 0 aromatic heterocycles. The third-order valence-corrected chi connectivity index (χ3v) is 1.75. The Labute approximate surface area is 90.7 Å². The van der Waals surface area contributed by atoms with Gasteiger partial charge in [-0.25, -0.2) is 4.79 Å². The first-order valence-electron chi connectivity index (χ1n) is 5.13. The average molecular weight is 213 g/mol. The monoisotopic (exact) mass is 213 g/mol. The van der Waals surface area contributed by atoms with Gasteiger partial charge in [-0.1, -0.05) is 19.9 Å². The van der Waals surface area contributed by atoms with Crippen LogP contribution >= 0.6 is 0 Å². The van der Waals surface area contributed by atoms with Crippen molar-refractivity contribution in [1.29, 1.82) is 0 Å². The predicted molar refractivity (Wildman–Crippen MR) is 58.2 cm³/mol. The van der Waals surface area contributed by atoms with Crippen LogP contribution in [0.2, 0.25) is 0 Å². The van der Waals surface area contributed by atoms with Crippen LogP contribution in [0.25, 0.3) is 0 Å². The second-order valence-electron chi connectivity index (χ2n) is 3.67. The summed E-state index contributed by atoms with van der Waals surface area (Å²) in [5.41, 5.74) is 0. The van der Waals surface area contributed by atoms with Gasteiger partial charge < -0.3 is 10.1 Å². The quantitative estimate of drug-likeness (QED) is 0.313.